The first-order valence-electron chi connectivity index (χ1n) is 4.03. The SMILES string of the molecule is CCOCC(=O)Nc1cc(C)no1. The third kappa shape index (κ3) is 3.25. The Morgan fingerprint density at radius 3 is 3.08 bits per heavy atom. The van der Waals surface area contributed by atoms with Crippen LogP contribution in [0.5, 0.6) is 0 Å². The molecule has 5 heteroatoms. The first kappa shape index (κ1) is 9.73. The number of amides is 1. The minimum atomic E-state index is -0.238. The molecule has 0 aromatic carbocycles. The molecule has 13 heavy (non-hydrogen) atoms. The molecule has 0 aliphatic heterocycles. The van der Waals surface area contributed by atoms with E-state index >= 15 is 0 Å². The Kier molecular flexibility index (Phi) is 3.45. The summed E-state index contributed by atoms with van der Waals surface area (Å²) < 4.78 is 9.68. The van der Waals surface area contributed by atoms with Crippen LogP contribution in [-0.2, 0) is 9.53 Å². The van der Waals surface area contributed by atoms with Crippen molar-refractivity contribution in [2.45, 2.75) is 13.8 Å². The van der Waals surface area contributed by atoms with Gasteiger partial charge >= 0.3 is 0 Å². The molecule has 0 atom stereocenters. The molecular formula is C8H12N2O3. The molecule has 1 amide bonds. The van der Waals surface area contributed by atoms with Crippen molar-refractivity contribution in [3.05, 3.63) is 11.8 Å². The highest BCUT2D eigenvalue weighted by atomic mass is 16.5. The van der Waals surface area contributed by atoms with E-state index in [0.717, 1.165) is 5.69 Å². The van der Waals surface area contributed by atoms with Gasteiger partial charge in [0, 0.05) is 12.7 Å². The normalized spacial score (nSPS) is 10.0. The van der Waals surface area contributed by atoms with Crippen molar-refractivity contribution in [3.8, 4) is 0 Å². The van der Waals surface area contributed by atoms with Crippen LogP contribution in [0.2, 0.25) is 0 Å². The largest absolute Gasteiger partial charge is 0.372 e. The maximum Gasteiger partial charge on any atom is 0.252 e. The fourth-order valence-corrected chi connectivity index (χ4v) is 0.791. The molecule has 0 fully saturated rings. The van der Waals surface area contributed by atoms with E-state index < -0.39 is 0 Å². The summed E-state index contributed by atoms with van der Waals surface area (Å²) in [5, 5.41) is 6.12. The Bertz CT molecular complexity index is 283. The lowest BCUT2D eigenvalue weighted by molar-refractivity contribution is -0.120. The maximum atomic E-state index is 11.1. The van der Waals surface area contributed by atoms with Crippen LogP contribution in [0.15, 0.2) is 10.6 Å². The smallest absolute Gasteiger partial charge is 0.252 e. The number of rotatable bonds is 4. The quantitative estimate of drug-likeness (QED) is 0.756. The van der Waals surface area contributed by atoms with Crippen molar-refractivity contribution in [3.63, 3.8) is 0 Å². The zero-order valence-corrected chi connectivity index (χ0v) is 7.66. The fourth-order valence-electron chi connectivity index (χ4n) is 0.791. The molecule has 0 aliphatic carbocycles. The van der Waals surface area contributed by atoms with Gasteiger partial charge in [-0.15, -0.1) is 0 Å². The van der Waals surface area contributed by atoms with Crippen molar-refractivity contribution in [1.82, 2.24) is 5.16 Å². The van der Waals surface area contributed by atoms with Crippen LogP contribution in [0.4, 0.5) is 5.88 Å². The first-order chi connectivity index (χ1) is 6.22. The lowest BCUT2D eigenvalue weighted by Gasteiger charge is -1.99. The van der Waals surface area contributed by atoms with Crippen LogP contribution >= 0.6 is 0 Å². The molecule has 1 aromatic rings. The molecule has 0 saturated carbocycles. The van der Waals surface area contributed by atoms with Crippen molar-refractivity contribution < 1.29 is 14.1 Å². The van der Waals surface area contributed by atoms with Gasteiger partial charge in [0.15, 0.2) is 0 Å². The van der Waals surface area contributed by atoms with Gasteiger partial charge < -0.3 is 9.26 Å². The number of hydrogen-bond acceptors (Lipinski definition) is 4. The van der Waals surface area contributed by atoms with Crippen molar-refractivity contribution in [2.75, 3.05) is 18.5 Å². The summed E-state index contributed by atoms with van der Waals surface area (Å²) >= 11 is 0. The molecule has 72 valence electrons. The Labute approximate surface area is 76.0 Å². The third-order valence-corrected chi connectivity index (χ3v) is 1.33. The van der Waals surface area contributed by atoms with Gasteiger partial charge in [-0.25, -0.2) is 0 Å². The van der Waals surface area contributed by atoms with Gasteiger partial charge in [-0.1, -0.05) is 5.16 Å². The molecule has 0 bridgehead atoms. The summed E-state index contributed by atoms with van der Waals surface area (Å²) in [6.07, 6.45) is 0. The summed E-state index contributed by atoms with van der Waals surface area (Å²) in [6, 6.07) is 1.64. The van der Waals surface area contributed by atoms with Crippen molar-refractivity contribution in [1.29, 1.82) is 0 Å². The molecule has 1 N–H and O–H groups in total. The number of hydrogen-bond donors (Lipinski definition) is 1. The van der Waals surface area contributed by atoms with E-state index in [4.69, 9.17) is 9.26 Å². The highest BCUT2D eigenvalue weighted by Crippen LogP contribution is 2.07. The lowest BCUT2D eigenvalue weighted by Crippen LogP contribution is -2.17. The summed E-state index contributed by atoms with van der Waals surface area (Å²) in [5.41, 5.74) is 0.728. The summed E-state index contributed by atoms with van der Waals surface area (Å²) in [4.78, 5) is 11.1. The van der Waals surface area contributed by atoms with Gasteiger partial charge in [0.2, 0.25) is 5.88 Å². The molecule has 0 unspecified atom stereocenters. The van der Waals surface area contributed by atoms with Crippen LogP contribution < -0.4 is 5.32 Å². The zero-order chi connectivity index (χ0) is 9.68. The summed E-state index contributed by atoms with van der Waals surface area (Å²) in [7, 11) is 0. The molecule has 0 saturated heterocycles. The monoisotopic (exact) mass is 184 g/mol. The van der Waals surface area contributed by atoms with E-state index in [1.54, 1.807) is 13.0 Å². The predicted octanol–water partition coefficient (Wildman–Crippen LogP) is 0.958. The number of aromatic nitrogens is 1. The van der Waals surface area contributed by atoms with E-state index in [1.807, 2.05) is 6.92 Å². The summed E-state index contributed by atoms with van der Waals surface area (Å²) in [5.74, 6) is 0.111. The Hall–Kier alpha value is -1.36. The number of carbonyl (C=O) groups excluding carboxylic acids is 1. The average Bonchev–Trinajstić information content (AvgIpc) is 2.48. The fraction of sp³-hybridized carbons (Fsp3) is 0.500. The molecule has 0 aliphatic rings. The van der Waals surface area contributed by atoms with Gasteiger partial charge in [-0.05, 0) is 13.8 Å². The Balaban J connectivity index is 2.36. The van der Waals surface area contributed by atoms with Crippen LogP contribution in [-0.4, -0.2) is 24.3 Å². The molecule has 0 radical (unpaired) electrons. The van der Waals surface area contributed by atoms with Gasteiger partial charge in [-0.2, -0.15) is 0 Å². The maximum absolute atomic E-state index is 11.1. The molecule has 1 rings (SSSR count). The highest BCUT2D eigenvalue weighted by molar-refractivity contribution is 5.90. The van der Waals surface area contributed by atoms with Crippen LogP contribution in [0.25, 0.3) is 0 Å². The minimum absolute atomic E-state index is 0.0379. The number of nitrogens with one attached hydrogen (secondary N) is 1. The molecular weight excluding hydrogens is 172 g/mol. The van der Waals surface area contributed by atoms with Gasteiger partial charge in [0.05, 0.1) is 5.69 Å². The van der Waals surface area contributed by atoms with Crippen LogP contribution in [0, 0.1) is 6.92 Å². The number of ether oxygens (including phenoxy) is 1. The Morgan fingerprint density at radius 2 is 2.54 bits per heavy atom. The number of anilines is 1. The van der Waals surface area contributed by atoms with E-state index in [-0.39, 0.29) is 12.5 Å². The second kappa shape index (κ2) is 4.61. The molecule has 0 spiro atoms. The Morgan fingerprint density at radius 1 is 1.77 bits per heavy atom. The standard InChI is InChI=1S/C8H12N2O3/c1-3-12-5-7(11)9-8-4-6(2)10-13-8/h4H,3,5H2,1-2H3,(H,9,11). The number of nitrogens with zero attached hydrogens (tertiary/aromatic N) is 1. The van der Waals surface area contributed by atoms with E-state index in [9.17, 15) is 4.79 Å². The van der Waals surface area contributed by atoms with Crippen LogP contribution in [0.1, 0.15) is 12.6 Å². The van der Waals surface area contributed by atoms with Gasteiger partial charge in [0.1, 0.15) is 6.61 Å². The second-order valence-electron chi connectivity index (χ2n) is 2.52. The van der Waals surface area contributed by atoms with Crippen LogP contribution in [0.3, 0.4) is 0 Å². The third-order valence-electron chi connectivity index (χ3n) is 1.33. The average molecular weight is 184 g/mol. The predicted molar refractivity (Wildman–Crippen MR) is 46.4 cm³/mol. The van der Waals surface area contributed by atoms with Crippen molar-refractivity contribution in [2.24, 2.45) is 0 Å². The van der Waals surface area contributed by atoms with Gasteiger partial charge in [-0.3, -0.25) is 10.1 Å². The van der Waals surface area contributed by atoms with E-state index in [1.165, 1.54) is 0 Å². The molecule has 5 nitrogen and oxygen atoms in total. The highest BCUT2D eigenvalue weighted by Gasteiger charge is 2.05. The van der Waals surface area contributed by atoms with E-state index in [2.05, 4.69) is 10.5 Å². The lowest BCUT2D eigenvalue weighted by atomic mass is 10.5. The first-order valence-corrected chi connectivity index (χ1v) is 4.03. The summed E-state index contributed by atoms with van der Waals surface area (Å²) in [6.45, 7) is 4.16. The van der Waals surface area contributed by atoms with E-state index in [0.29, 0.717) is 12.5 Å². The minimum Gasteiger partial charge on any atom is -0.372 e. The van der Waals surface area contributed by atoms with Crippen molar-refractivity contribution >= 4 is 11.8 Å². The number of carbonyl (C=O) groups is 1. The zero-order valence-electron chi connectivity index (χ0n) is 7.66. The number of aryl methyl sites for hydroxylation is 1. The topological polar surface area (TPSA) is 64.4 Å². The van der Waals surface area contributed by atoms with Gasteiger partial charge in [0.25, 0.3) is 5.91 Å². The molecule has 1 heterocycles. The second-order valence-corrected chi connectivity index (χ2v) is 2.52. The molecule has 1 aromatic heterocycles.